The van der Waals surface area contributed by atoms with Gasteiger partial charge in [-0.2, -0.15) is 0 Å². The first-order valence-corrected chi connectivity index (χ1v) is 7.87. The molecule has 1 aromatic rings. The van der Waals surface area contributed by atoms with E-state index in [1.54, 1.807) is 0 Å². The molecule has 0 amide bonds. The van der Waals surface area contributed by atoms with Crippen LogP contribution in [0.1, 0.15) is 24.9 Å². The largest absolute Gasteiger partial charge is 0.329 e. The molecule has 3 nitrogen and oxygen atoms in total. The van der Waals surface area contributed by atoms with Gasteiger partial charge in [0.15, 0.2) is 0 Å². The van der Waals surface area contributed by atoms with Crippen LogP contribution in [0.3, 0.4) is 0 Å². The van der Waals surface area contributed by atoms with Crippen LogP contribution in [0.25, 0.3) is 0 Å². The number of halogens is 2. The van der Waals surface area contributed by atoms with E-state index in [0.717, 1.165) is 36.6 Å². The number of nitrogens with two attached hydrogens (primary N) is 1. The Morgan fingerprint density at radius 1 is 1.35 bits per heavy atom. The van der Waals surface area contributed by atoms with Crippen molar-refractivity contribution in [3.8, 4) is 0 Å². The number of likely N-dealkylation sites (N-methyl/N-ethyl adjacent to an activating group) is 1. The Balaban J connectivity index is 2.28. The van der Waals surface area contributed by atoms with Gasteiger partial charge in [-0.05, 0) is 50.7 Å². The lowest BCUT2D eigenvalue weighted by Gasteiger charge is -2.35. The lowest BCUT2D eigenvalue weighted by molar-refractivity contribution is 0.146. The quantitative estimate of drug-likeness (QED) is 0.930. The molecule has 1 fully saturated rings. The van der Waals surface area contributed by atoms with Crippen LogP contribution in [0.15, 0.2) is 18.2 Å². The van der Waals surface area contributed by atoms with Crippen LogP contribution < -0.4 is 5.73 Å². The van der Waals surface area contributed by atoms with E-state index in [2.05, 4.69) is 23.8 Å². The first-order chi connectivity index (χ1) is 9.52. The Labute approximate surface area is 131 Å². The van der Waals surface area contributed by atoms with Gasteiger partial charge in [0.1, 0.15) is 0 Å². The third-order valence-electron chi connectivity index (χ3n) is 4.04. The molecule has 0 saturated carbocycles. The molecule has 1 aromatic carbocycles. The molecule has 0 bridgehead atoms. The highest BCUT2D eigenvalue weighted by Gasteiger charge is 2.28. The predicted molar refractivity (Wildman–Crippen MR) is 86.5 cm³/mol. The third-order valence-corrected chi connectivity index (χ3v) is 4.62. The molecule has 2 N–H and O–H groups in total. The number of hydrogen-bond donors (Lipinski definition) is 1. The normalized spacial score (nSPS) is 23.6. The van der Waals surface area contributed by atoms with Crippen molar-refractivity contribution in [2.24, 2.45) is 5.73 Å². The third kappa shape index (κ3) is 3.66. The van der Waals surface area contributed by atoms with Crippen LogP contribution in [0.5, 0.6) is 0 Å². The molecule has 1 heterocycles. The Kier molecular flexibility index (Phi) is 5.70. The number of rotatable bonds is 3. The SMILES string of the molecule is CC1CN(C)CCCN1C(CN)c1cc(Cl)ccc1Cl. The van der Waals surface area contributed by atoms with Crippen molar-refractivity contribution < 1.29 is 0 Å². The van der Waals surface area contributed by atoms with Crippen LogP contribution in [-0.4, -0.2) is 49.1 Å². The second-order valence-electron chi connectivity index (χ2n) is 5.62. The molecule has 2 rings (SSSR count). The second kappa shape index (κ2) is 7.10. The summed E-state index contributed by atoms with van der Waals surface area (Å²) in [6.07, 6.45) is 1.15. The zero-order chi connectivity index (χ0) is 14.7. The van der Waals surface area contributed by atoms with Crippen molar-refractivity contribution >= 4 is 23.2 Å². The number of benzene rings is 1. The molecule has 20 heavy (non-hydrogen) atoms. The maximum atomic E-state index is 6.35. The van der Waals surface area contributed by atoms with Gasteiger partial charge in [-0.15, -0.1) is 0 Å². The van der Waals surface area contributed by atoms with E-state index < -0.39 is 0 Å². The van der Waals surface area contributed by atoms with Gasteiger partial charge >= 0.3 is 0 Å². The Hall–Kier alpha value is -0.320. The van der Waals surface area contributed by atoms with Crippen LogP contribution in [0, 0.1) is 0 Å². The molecule has 2 unspecified atom stereocenters. The van der Waals surface area contributed by atoms with E-state index in [0.29, 0.717) is 17.6 Å². The van der Waals surface area contributed by atoms with Gasteiger partial charge in [0.25, 0.3) is 0 Å². The molecule has 112 valence electrons. The average Bonchev–Trinajstić information content (AvgIpc) is 2.56. The fraction of sp³-hybridized carbons (Fsp3) is 0.600. The zero-order valence-electron chi connectivity index (χ0n) is 12.1. The summed E-state index contributed by atoms with van der Waals surface area (Å²) in [7, 11) is 2.17. The molecule has 0 aromatic heterocycles. The molecular weight excluding hydrogens is 293 g/mol. The minimum absolute atomic E-state index is 0.127. The van der Waals surface area contributed by atoms with Gasteiger partial charge in [0.05, 0.1) is 0 Å². The monoisotopic (exact) mass is 315 g/mol. The van der Waals surface area contributed by atoms with Crippen LogP contribution in [0.4, 0.5) is 0 Å². The van der Waals surface area contributed by atoms with E-state index >= 15 is 0 Å². The van der Waals surface area contributed by atoms with Gasteiger partial charge in [-0.3, -0.25) is 4.90 Å². The minimum atomic E-state index is 0.127. The molecule has 0 radical (unpaired) electrons. The summed E-state index contributed by atoms with van der Waals surface area (Å²) in [5.41, 5.74) is 7.09. The lowest BCUT2D eigenvalue weighted by Crippen LogP contribution is -2.43. The van der Waals surface area contributed by atoms with Crippen molar-refractivity contribution in [1.82, 2.24) is 9.80 Å². The maximum Gasteiger partial charge on any atom is 0.0489 e. The highest BCUT2D eigenvalue weighted by molar-refractivity contribution is 6.33. The van der Waals surface area contributed by atoms with Gasteiger partial charge in [-0.1, -0.05) is 23.2 Å². The fourth-order valence-corrected chi connectivity index (χ4v) is 3.49. The van der Waals surface area contributed by atoms with E-state index in [1.165, 1.54) is 0 Å². The van der Waals surface area contributed by atoms with Crippen LogP contribution in [0.2, 0.25) is 10.0 Å². The number of nitrogens with zero attached hydrogens (tertiary/aromatic N) is 2. The predicted octanol–water partition coefficient (Wildman–Crippen LogP) is 3.02. The van der Waals surface area contributed by atoms with Crippen molar-refractivity contribution in [2.75, 3.05) is 33.2 Å². The van der Waals surface area contributed by atoms with Gasteiger partial charge in [-0.25, -0.2) is 0 Å². The van der Waals surface area contributed by atoms with Crippen molar-refractivity contribution in [3.63, 3.8) is 0 Å². The first-order valence-electron chi connectivity index (χ1n) is 7.12. The van der Waals surface area contributed by atoms with Crippen molar-refractivity contribution in [3.05, 3.63) is 33.8 Å². The molecule has 1 aliphatic heterocycles. The highest BCUT2D eigenvalue weighted by atomic mass is 35.5. The summed E-state index contributed by atoms with van der Waals surface area (Å²) in [4.78, 5) is 4.83. The summed E-state index contributed by atoms with van der Waals surface area (Å²) in [6.45, 7) is 6.02. The lowest BCUT2D eigenvalue weighted by atomic mass is 10.0. The average molecular weight is 316 g/mol. The van der Waals surface area contributed by atoms with Crippen molar-refractivity contribution in [2.45, 2.75) is 25.4 Å². The van der Waals surface area contributed by atoms with Gasteiger partial charge in [0.2, 0.25) is 0 Å². The molecule has 2 atom stereocenters. The maximum absolute atomic E-state index is 6.35. The molecule has 5 heteroatoms. The second-order valence-corrected chi connectivity index (χ2v) is 6.46. The van der Waals surface area contributed by atoms with E-state index in [1.807, 2.05) is 18.2 Å². The summed E-state index contributed by atoms with van der Waals surface area (Å²) in [6, 6.07) is 6.20. The Morgan fingerprint density at radius 3 is 2.80 bits per heavy atom. The molecule has 0 spiro atoms. The summed E-state index contributed by atoms with van der Waals surface area (Å²) in [5, 5.41) is 1.46. The Morgan fingerprint density at radius 2 is 2.10 bits per heavy atom. The van der Waals surface area contributed by atoms with Gasteiger partial charge in [0, 0.05) is 41.8 Å². The molecule has 1 aliphatic rings. The summed E-state index contributed by atoms with van der Waals surface area (Å²) in [5.74, 6) is 0. The first kappa shape index (κ1) is 16.1. The zero-order valence-corrected chi connectivity index (χ0v) is 13.7. The highest BCUT2D eigenvalue weighted by Crippen LogP contribution is 2.31. The fourth-order valence-electron chi connectivity index (χ4n) is 3.06. The van der Waals surface area contributed by atoms with E-state index in [-0.39, 0.29) is 6.04 Å². The molecule has 1 saturated heterocycles. The van der Waals surface area contributed by atoms with Crippen molar-refractivity contribution in [1.29, 1.82) is 0 Å². The summed E-state index contributed by atoms with van der Waals surface area (Å²) < 4.78 is 0. The molecular formula is C15H23Cl2N3. The van der Waals surface area contributed by atoms with E-state index in [4.69, 9.17) is 28.9 Å². The standard InChI is InChI=1S/C15H23Cl2N3/c1-11-10-19(2)6-3-7-20(11)15(9-18)13-8-12(16)4-5-14(13)17/h4-5,8,11,15H,3,6-7,9-10,18H2,1-2H3. The number of hydrogen-bond acceptors (Lipinski definition) is 3. The minimum Gasteiger partial charge on any atom is -0.329 e. The Bertz CT molecular complexity index is 453. The smallest absolute Gasteiger partial charge is 0.0489 e. The topological polar surface area (TPSA) is 32.5 Å². The van der Waals surface area contributed by atoms with E-state index in [9.17, 15) is 0 Å². The van der Waals surface area contributed by atoms with Crippen LogP contribution >= 0.6 is 23.2 Å². The summed E-state index contributed by atoms with van der Waals surface area (Å²) >= 11 is 12.5. The molecule has 0 aliphatic carbocycles. The van der Waals surface area contributed by atoms with Crippen LogP contribution in [-0.2, 0) is 0 Å². The van der Waals surface area contributed by atoms with Gasteiger partial charge < -0.3 is 10.6 Å².